The van der Waals surface area contributed by atoms with Crippen LogP contribution in [0.3, 0.4) is 0 Å². The maximum Gasteiger partial charge on any atom is 0.283 e. The van der Waals surface area contributed by atoms with Crippen molar-refractivity contribution in [2.24, 2.45) is 0 Å². The molecule has 32 heavy (non-hydrogen) atoms. The minimum absolute atomic E-state index is 0.00281. The Hall–Kier alpha value is -3.51. The summed E-state index contributed by atoms with van der Waals surface area (Å²) in [5, 5.41) is 13.2. The fraction of sp³-hybridized carbons (Fsp3) is 0.154. The smallest absolute Gasteiger partial charge is 0.283 e. The predicted octanol–water partition coefficient (Wildman–Crippen LogP) is 5.72. The van der Waals surface area contributed by atoms with Crippen LogP contribution in [0, 0.1) is 0 Å². The lowest BCUT2D eigenvalue weighted by molar-refractivity contribution is -0.120. The number of hydrogen-bond donors (Lipinski definition) is 2. The minimum atomic E-state index is -0.446. The van der Waals surface area contributed by atoms with E-state index in [1.807, 2.05) is 54.6 Å². The maximum absolute atomic E-state index is 13.4. The molecular formula is C26H24N2O3S. The number of hydrogen-bond acceptors (Lipinski definition) is 5. The molecule has 0 unspecified atom stereocenters. The number of benzene rings is 3. The first-order chi connectivity index (χ1) is 15.6. The first-order valence-electron chi connectivity index (χ1n) is 10.6. The number of unbranched alkanes of at least 4 members (excludes halogenated alkanes) is 1. The third-order valence-electron chi connectivity index (χ3n) is 5.18. The predicted molar refractivity (Wildman–Crippen MR) is 129 cm³/mol. The fourth-order valence-electron chi connectivity index (χ4n) is 3.46. The van der Waals surface area contributed by atoms with Crippen molar-refractivity contribution in [3.63, 3.8) is 0 Å². The minimum Gasteiger partial charge on any atom is -0.506 e. The van der Waals surface area contributed by atoms with Crippen molar-refractivity contribution in [2.45, 2.75) is 31.1 Å². The largest absolute Gasteiger partial charge is 0.506 e. The maximum atomic E-state index is 13.4. The highest BCUT2D eigenvalue weighted by Gasteiger charge is 2.40. The number of para-hydroxylation sites is 2. The second-order valence-electron chi connectivity index (χ2n) is 7.48. The van der Waals surface area contributed by atoms with E-state index >= 15 is 0 Å². The number of nitrogens with zero attached hydrogens (tertiary/aromatic N) is 1. The van der Waals surface area contributed by atoms with Gasteiger partial charge in [0, 0.05) is 4.90 Å². The standard InChI is InChI=1S/C26H24N2O3S/c1-2-3-9-18-14-16-19(17-15-18)28-25(30)23(27-21-12-7-8-13-22(21)29)24(26(28)31)32-20-10-5-4-6-11-20/h4-8,10-17,27,29H,2-3,9H2,1H3. The molecule has 0 saturated heterocycles. The van der Waals surface area contributed by atoms with Crippen LogP contribution in [0.1, 0.15) is 25.3 Å². The normalized spacial score (nSPS) is 13.7. The van der Waals surface area contributed by atoms with E-state index in [2.05, 4.69) is 12.2 Å². The highest BCUT2D eigenvalue weighted by atomic mass is 32.2. The van der Waals surface area contributed by atoms with Gasteiger partial charge in [-0.2, -0.15) is 0 Å². The second kappa shape index (κ2) is 9.75. The van der Waals surface area contributed by atoms with Gasteiger partial charge in [0.05, 0.1) is 11.4 Å². The summed E-state index contributed by atoms with van der Waals surface area (Å²) in [6, 6.07) is 23.6. The number of nitrogens with one attached hydrogen (secondary N) is 1. The molecule has 0 aliphatic carbocycles. The average molecular weight is 445 g/mol. The Morgan fingerprint density at radius 1 is 0.875 bits per heavy atom. The topological polar surface area (TPSA) is 69.6 Å². The molecule has 3 aromatic carbocycles. The van der Waals surface area contributed by atoms with Crippen LogP contribution in [-0.4, -0.2) is 16.9 Å². The molecule has 3 aromatic rings. The Kier molecular flexibility index (Phi) is 6.61. The highest BCUT2D eigenvalue weighted by molar-refractivity contribution is 8.04. The molecule has 1 heterocycles. The molecule has 2 amide bonds. The van der Waals surface area contributed by atoms with Crippen LogP contribution in [0.4, 0.5) is 11.4 Å². The summed E-state index contributed by atoms with van der Waals surface area (Å²) >= 11 is 1.23. The molecule has 162 valence electrons. The zero-order valence-corrected chi connectivity index (χ0v) is 18.6. The molecule has 1 aliphatic rings. The number of imide groups is 1. The second-order valence-corrected chi connectivity index (χ2v) is 8.56. The SMILES string of the molecule is CCCCc1ccc(N2C(=O)C(Nc3ccccc3O)=C(Sc3ccccc3)C2=O)cc1. The third-order valence-corrected chi connectivity index (χ3v) is 6.27. The number of phenolic OH excluding ortho intramolecular Hbond substituents is 1. The van der Waals surface area contributed by atoms with Crippen LogP contribution < -0.4 is 10.2 Å². The Morgan fingerprint density at radius 2 is 1.56 bits per heavy atom. The van der Waals surface area contributed by atoms with Crippen molar-refractivity contribution in [3.05, 3.63) is 95.0 Å². The van der Waals surface area contributed by atoms with Crippen LogP contribution in [0.2, 0.25) is 0 Å². The highest BCUT2D eigenvalue weighted by Crippen LogP contribution is 2.38. The number of aromatic hydroxyl groups is 1. The van der Waals surface area contributed by atoms with Crippen LogP contribution in [0.5, 0.6) is 5.75 Å². The summed E-state index contributed by atoms with van der Waals surface area (Å²) < 4.78 is 0. The number of amides is 2. The van der Waals surface area contributed by atoms with Crippen molar-refractivity contribution in [2.75, 3.05) is 10.2 Å². The van der Waals surface area contributed by atoms with Crippen LogP contribution >= 0.6 is 11.8 Å². The van der Waals surface area contributed by atoms with E-state index in [0.717, 1.165) is 24.2 Å². The lowest BCUT2D eigenvalue weighted by Gasteiger charge is -2.16. The molecule has 0 bridgehead atoms. The molecule has 0 radical (unpaired) electrons. The van der Waals surface area contributed by atoms with E-state index in [1.165, 1.54) is 28.3 Å². The van der Waals surface area contributed by atoms with E-state index in [-0.39, 0.29) is 17.4 Å². The molecule has 0 atom stereocenters. The molecular weight excluding hydrogens is 420 g/mol. The van der Waals surface area contributed by atoms with Gasteiger partial charge in [-0.3, -0.25) is 9.59 Å². The Labute approximate surface area is 191 Å². The summed E-state index contributed by atoms with van der Waals surface area (Å²) in [6.07, 6.45) is 3.16. The van der Waals surface area contributed by atoms with Gasteiger partial charge in [-0.15, -0.1) is 0 Å². The molecule has 4 rings (SSSR count). The first-order valence-corrected chi connectivity index (χ1v) is 11.4. The summed E-state index contributed by atoms with van der Waals surface area (Å²) in [6.45, 7) is 2.15. The van der Waals surface area contributed by atoms with E-state index in [0.29, 0.717) is 16.3 Å². The van der Waals surface area contributed by atoms with E-state index in [4.69, 9.17) is 0 Å². The van der Waals surface area contributed by atoms with Crippen LogP contribution in [0.25, 0.3) is 0 Å². The zero-order valence-electron chi connectivity index (χ0n) is 17.7. The van der Waals surface area contributed by atoms with Gasteiger partial charge in [-0.05, 0) is 54.8 Å². The molecule has 5 nitrogen and oxygen atoms in total. The first kappa shape index (κ1) is 21.7. The molecule has 0 fully saturated rings. The molecule has 0 spiro atoms. The van der Waals surface area contributed by atoms with Crippen molar-refractivity contribution in [1.82, 2.24) is 0 Å². The summed E-state index contributed by atoms with van der Waals surface area (Å²) in [4.78, 5) is 29.1. The lowest BCUT2D eigenvalue weighted by atomic mass is 10.1. The van der Waals surface area contributed by atoms with Crippen LogP contribution in [-0.2, 0) is 16.0 Å². The van der Waals surface area contributed by atoms with Gasteiger partial charge in [0.25, 0.3) is 11.8 Å². The van der Waals surface area contributed by atoms with Crippen molar-refractivity contribution >= 4 is 35.0 Å². The Morgan fingerprint density at radius 3 is 2.25 bits per heavy atom. The number of thioether (sulfide) groups is 1. The van der Waals surface area contributed by atoms with Crippen molar-refractivity contribution in [3.8, 4) is 5.75 Å². The van der Waals surface area contributed by atoms with E-state index < -0.39 is 5.91 Å². The summed E-state index contributed by atoms with van der Waals surface area (Å²) in [5.41, 5.74) is 2.22. The van der Waals surface area contributed by atoms with E-state index in [9.17, 15) is 14.7 Å². The van der Waals surface area contributed by atoms with Gasteiger partial charge < -0.3 is 10.4 Å². The molecule has 2 N–H and O–H groups in total. The van der Waals surface area contributed by atoms with Crippen molar-refractivity contribution < 1.29 is 14.7 Å². The van der Waals surface area contributed by atoms with E-state index in [1.54, 1.807) is 18.2 Å². The van der Waals surface area contributed by atoms with Crippen LogP contribution in [0.15, 0.2) is 94.4 Å². The number of phenols is 1. The van der Waals surface area contributed by atoms with Gasteiger partial charge >= 0.3 is 0 Å². The van der Waals surface area contributed by atoms with Crippen molar-refractivity contribution in [1.29, 1.82) is 0 Å². The Balaban J connectivity index is 1.68. The number of anilines is 2. The zero-order chi connectivity index (χ0) is 22.5. The molecule has 6 heteroatoms. The lowest BCUT2D eigenvalue weighted by Crippen LogP contribution is -2.32. The number of carbonyl (C=O) groups excluding carboxylic acids is 2. The Bertz CT molecular complexity index is 1160. The monoisotopic (exact) mass is 444 g/mol. The average Bonchev–Trinajstić information content (AvgIpc) is 3.04. The van der Waals surface area contributed by atoms with Gasteiger partial charge in [0.2, 0.25) is 0 Å². The number of aryl methyl sites for hydroxylation is 1. The van der Waals surface area contributed by atoms with Gasteiger partial charge in [-0.1, -0.05) is 67.6 Å². The summed E-state index contributed by atoms with van der Waals surface area (Å²) in [5.74, 6) is -0.830. The summed E-state index contributed by atoms with van der Waals surface area (Å²) in [7, 11) is 0. The van der Waals surface area contributed by atoms with Gasteiger partial charge in [0.1, 0.15) is 16.4 Å². The fourth-order valence-corrected chi connectivity index (χ4v) is 4.41. The molecule has 0 aromatic heterocycles. The third kappa shape index (κ3) is 4.55. The number of carbonyl (C=O) groups is 2. The van der Waals surface area contributed by atoms with Gasteiger partial charge in [0.15, 0.2) is 0 Å². The quantitative estimate of drug-likeness (QED) is 0.343. The number of rotatable bonds is 8. The van der Waals surface area contributed by atoms with Gasteiger partial charge in [-0.25, -0.2) is 4.90 Å². The molecule has 0 saturated carbocycles. The molecule has 1 aliphatic heterocycles.